The Kier molecular flexibility index (Phi) is 7.66. The summed E-state index contributed by atoms with van der Waals surface area (Å²) in [5.74, 6) is 2.08. The van der Waals surface area contributed by atoms with E-state index >= 15 is 0 Å². The topological polar surface area (TPSA) is 58.9 Å². The van der Waals surface area contributed by atoms with Crippen molar-refractivity contribution in [2.24, 2.45) is 16.0 Å². The number of para-hydroxylation sites is 1. The van der Waals surface area contributed by atoms with E-state index in [4.69, 9.17) is 14.7 Å². The number of rotatable bonds is 8. The van der Waals surface area contributed by atoms with Crippen LogP contribution in [-0.2, 0) is 0 Å². The van der Waals surface area contributed by atoms with Crippen LogP contribution in [0.2, 0.25) is 0 Å². The molecule has 0 spiro atoms. The molecule has 0 saturated heterocycles. The molecule has 0 amide bonds. The van der Waals surface area contributed by atoms with Gasteiger partial charge < -0.3 is 4.74 Å². The average Bonchev–Trinajstić information content (AvgIpc) is 2.85. The van der Waals surface area contributed by atoms with E-state index in [9.17, 15) is 0 Å². The Morgan fingerprint density at radius 2 is 1.71 bits per heavy atom. The van der Waals surface area contributed by atoms with Crippen LogP contribution in [0, 0.1) is 12.8 Å². The van der Waals surface area contributed by atoms with Crippen molar-refractivity contribution >= 4 is 28.6 Å². The van der Waals surface area contributed by atoms with Gasteiger partial charge in [0.25, 0.3) is 0 Å². The molecule has 1 aromatic heterocycles. The molecule has 3 aromatic carbocycles. The summed E-state index contributed by atoms with van der Waals surface area (Å²) in [6.45, 7) is 7.17. The average molecular weight is 451 g/mol. The molecule has 0 unspecified atom stereocenters. The van der Waals surface area contributed by atoms with Gasteiger partial charge in [0.15, 0.2) is 5.84 Å². The van der Waals surface area contributed by atoms with E-state index in [0.29, 0.717) is 11.8 Å². The van der Waals surface area contributed by atoms with Gasteiger partial charge in [-0.25, -0.2) is 9.98 Å². The minimum absolute atomic E-state index is 0.583. The normalized spacial score (nSPS) is 11.9. The Morgan fingerprint density at radius 1 is 0.941 bits per heavy atom. The molecular weight excluding hydrogens is 420 g/mol. The van der Waals surface area contributed by atoms with Gasteiger partial charge in [-0.3, -0.25) is 5.43 Å². The van der Waals surface area contributed by atoms with E-state index in [1.807, 2.05) is 84.9 Å². The van der Waals surface area contributed by atoms with Gasteiger partial charge in [0.2, 0.25) is 0 Å². The number of pyridine rings is 1. The van der Waals surface area contributed by atoms with Crippen LogP contribution in [0.15, 0.2) is 95.0 Å². The number of hydrogen-bond acceptors (Lipinski definition) is 4. The SMILES string of the molecule is Cc1ccc(N=C(NN=Cc2ccc(OCCC(C)C)cc2)c2ccc3ccccc3n2)cc1. The maximum Gasteiger partial charge on any atom is 0.173 e. The van der Waals surface area contributed by atoms with Gasteiger partial charge in [0.1, 0.15) is 11.4 Å². The minimum atomic E-state index is 0.583. The highest BCUT2D eigenvalue weighted by Gasteiger charge is 2.07. The molecule has 1 N–H and O–H groups in total. The van der Waals surface area contributed by atoms with E-state index in [1.54, 1.807) is 6.21 Å². The van der Waals surface area contributed by atoms with E-state index in [-0.39, 0.29) is 0 Å². The van der Waals surface area contributed by atoms with Gasteiger partial charge in [-0.2, -0.15) is 5.10 Å². The Morgan fingerprint density at radius 3 is 2.47 bits per heavy atom. The zero-order valence-electron chi connectivity index (χ0n) is 19.9. The number of aryl methyl sites for hydroxylation is 1. The first kappa shape index (κ1) is 23.2. The second-order valence-electron chi connectivity index (χ2n) is 8.66. The molecule has 4 aromatic rings. The Balaban J connectivity index is 1.52. The maximum absolute atomic E-state index is 5.79. The van der Waals surface area contributed by atoms with Gasteiger partial charge >= 0.3 is 0 Å². The molecule has 34 heavy (non-hydrogen) atoms. The van der Waals surface area contributed by atoms with Crippen molar-refractivity contribution in [3.63, 3.8) is 0 Å². The molecule has 0 aliphatic heterocycles. The number of benzene rings is 3. The number of ether oxygens (including phenoxy) is 1. The molecule has 5 heteroatoms. The molecule has 0 saturated carbocycles. The first-order valence-corrected chi connectivity index (χ1v) is 11.6. The van der Waals surface area contributed by atoms with Gasteiger partial charge in [-0.05, 0) is 73.4 Å². The van der Waals surface area contributed by atoms with Gasteiger partial charge in [0.05, 0.1) is 24.0 Å². The monoisotopic (exact) mass is 450 g/mol. The van der Waals surface area contributed by atoms with Gasteiger partial charge in [-0.15, -0.1) is 0 Å². The number of amidine groups is 1. The molecular formula is C29H30N4O. The second-order valence-corrected chi connectivity index (χ2v) is 8.66. The van der Waals surface area contributed by atoms with Crippen LogP contribution in [0.1, 0.15) is 37.1 Å². The lowest BCUT2D eigenvalue weighted by molar-refractivity contribution is 0.289. The lowest BCUT2D eigenvalue weighted by Crippen LogP contribution is -2.20. The number of nitrogens with zero attached hydrogens (tertiary/aromatic N) is 3. The third-order valence-corrected chi connectivity index (χ3v) is 5.34. The maximum atomic E-state index is 5.79. The summed E-state index contributed by atoms with van der Waals surface area (Å²) < 4.78 is 5.79. The summed E-state index contributed by atoms with van der Waals surface area (Å²) in [5, 5.41) is 5.52. The standard InChI is InChI=1S/C29H30N4O/c1-21(2)18-19-34-26-15-10-23(11-16-26)20-30-33-29(31-25-13-8-22(3)9-14-25)28-17-12-24-6-4-5-7-27(24)32-28/h4-17,20-21H,18-19H2,1-3H3,(H,31,33). The van der Waals surface area contributed by atoms with Crippen molar-refractivity contribution in [3.05, 3.63) is 102 Å². The van der Waals surface area contributed by atoms with E-state index in [2.05, 4.69) is 31.3 Å². The molecule has 0 radical (unpaired) electrons. The summed E-state index contributed by atoms with van der Waals surface area (Å²) in [5.41, 5.74) is 7.72. The number of aliphatic imine (C=N–C) groups is 1. The van der Waals surface area contributed by atoms with Crippen molar-refractivity contribution in [3.8, 4) is 5.75 Å². The van der Waals surface area contributed by atoms with Crippen molar-refractivity contribution in [1.82, 2.24) is 10.4 Å². The van der Waals surface area contributed by atoms with E-state index < -0.39 is 0 Å². The largest absolute Gasteiger partial charge is 0.494 e. The van der Waals surface area contributed by atoms with Crippen LogP contribution in [0.25, 0.3) is 10.9 Å². The smallest absolute Gasteiger partial charge is 0.173 e. The molecule has 0 fully saturated rings. The molecule has 0 aliphatic carbocycles. The van der Waals surface area contributed by atoms with Crippen LogP contribution >= 0.6 is 0 Å². The number of fused-ring (bicyclic) bond motifs is 1. The molecule has 0 aliphatic rings. The summed E-state index contributed by atoms with van der Waals surface area (Å²) in [6.07, 6.45) is 2.81. The minimum Gasteiger partial charge on any atom is -0.494 e. The predicted molar refractivity (Wildman–Crippen MR) is 141 cm³/mol. The first-order chi connectivity index (χ1) is 16.6. The summed E-state index contributed by atoms with van der Waals surface area (Å²) in [7, 11) is 0. The lowest BCUT2D eigenvalue weighted by Gasteiger charge is -2.08. The third-order valence-electron chi connectivity index (χ3n) is 5.34. The van der Waals surface area contributed by atoms with E-state index in [0.717, 1.165) is 46.6 Å². The number of nitrogens with one attached hydrogen (secondary N) is 1. The first-order valence-electron chi connectivity index (χ1n) is 11.6. The Labute approximate surface area is 201 Å². The van der Waals surface area contributed by atoms with Gasteiger partial charge in [-0.1, -0.05) is 55.8 Å². The van der Waals surface area contributed by atoms with Crippen LogP contribution in [0.5, 0.6) is 5.75 Å². The Bertz CT molecular complexity index is 1280. The van der Waals surface area contributed by atoms with Crippen molar-refractivity contribution in [1.29, 1.82) is 0 Å². The highest BCUT2D eigenvalue weighted by atomic mass is 16.5. The molecule has 5 nitrogen and oxygen atoms in total. The molecule has 1 heterocycles. The number of hydrazone groups is 1. The fraction of sp³-hybridized carbons (Fsp3) is 0.207. The van der Waals surface area contributed by atoms with Crippen LogP contribution in [-0.4, -0.2) is 23.6 Å². The predicted octanol–water partition coefficient (Wildman–Crippen LogP) is 6.67. The van der Waals surface area contributed by atoms with Crippen molar-refractivity contribution in [2.45, 2.75) is 27.2 Å². The molecule has 0 atom stereocenters. The fourth-order valence-corrected chi connectivity index (χ4v) is 3.32. The lowest BCUT2D eigenvalue weighted by atomic mass is 10.1. The van der Waals surface area contributed by atoms with Crippen LogP contribution in [0.3, 0.4) is 0 Å². The summed E-state index contributed by atoms with van der Waals surface area (Å²) in [6, 6.07) is 28.0. The van der Waals surface area contributed by atoms with Crippen LogP contribution in [0.4, 0.5) is 5.69 Å². The van der Waals surface area contributed by atoms with E-state index in [1.165, 1.54) is 5.56 Å². The van der Waals surface area contributed by atoms with Crippen molar-refractivity contribution < 1.29 is 4.74 Å². The molecule has 4 rings (SSSR count). The van der Waals surface area contributed by atoms with Crippen LogP contribution < -0.4 is 10.2 Å². The van der Waals surface area contributed by atoms with Gasteiger partial charge in [0, 0.05) is 5.39 Å². The highest BCUT2D eigenvalue weighted by molar-refractivity contribution is 6.00. The summed E-state index contributed by atoms with van der Waals surface area (Å²) >= 11 is 0. The Hall–Kier alpha value is -3.99. The number of hydrogen-bond donors (Lipinski definition) is 1. The quantitative estimate of drug-likeness (QED) is 0.185. The number of aromatic nitrogens is 1. The second kappa shape index (κ2) is 11.2. The van der Waals surface area contributed by atoms with Crippen molar-refractivity contribution in [2.75, 3.05) is 6.61 Å². The fourth-order valence-electron chi connectivity index (χ4n) is 3.32. The molecule has 172 valence electrons. The third kappa shape index (κ3) is 6.51. The summed E-state index contributed by atoms with van der Waals surface area (Å²) in [4.78, 5) is 9.56. The zero-order valence-corrected chi connectivity index (χ0v) is 19.9. The highest BCUT2D eigenvalue weighted by Crippen LogP contribution is 2.17. The zero-order chi connectivity index (χ0) is 23.8. The molecule has 0 bridgehead atoms.